The number of aromatic nitrogens is 4. The molecule has 1 aliphatic heterocycles. The van der Waals surface area contributed by atoms with Crippen molar-refractivity contribution in [3.63, 3.8) is 0 Å². The van der Waals surface area contributed by atoms with Crippen LogP contribution in [0.4, 0.5) is 0 Å². The Bertz CT molecular complexity index is 5170. The maximum absolute atomic E-state index is 9.06. The van der Waals surface area contributed by atoms with Crippen molar-refractivity contribution in [1.29, 1.82) is 0 Å². The number of para-hydroxylation sites is 2. The van der Waals surface area contributed by atoms with E-state index in [1.165, 1.54) is 51.6 Å². The second-order valence-electron chi connectivity index (χ2n) is 23.0. The predicted octanol–water partition coefficient (Wildman–Crippen LogP) is 16.6. The van der Waals surface area contributed by atoms with Crippen LogP contribution in [0.25, 0.3) is 94.5 Å². The number of imidazole rings is 1. The lowest BCUT2D eigenvalue weighted by Crippen LogP contribution is -2.74. The first-order valence-electron chi connectivity index (χ1n) is 33.2. The van der Waals surface area contributed by atoms with Gasteiger partial charge in [-0.25, -0.2) is 4.98 Å². The van der Waals surface area contributed by atoms with Gasteiger partial charge in [0.25, 0.3) is 6.33 Å². The molecule has 11 aromatic carbocycles. The second-order valence-corrected chi connectivity index (χ2v) is 26.8. The van der Waals surface area contributed by atoms with Crippen LogP contribution in [0, 0.1) is 26.9 Å². The number of fused-ring (bicyclic) bond motifs is 10. The molecule has 0 bridgehead atoms. The fourth-order valence-corrected chi connectivity index (χ4v) is 18.1. The van der Waals surface area contributed by atoms with Gasteiger partial charge in [-0.3, -0.25) is 13.7 Å². The first-order valence-corrected chi connectivity index (χ1v) is 30.7. The van der Waals surface area contributed by atoms with E-state index in [0.717, 1.165) is 71.7 Å². The molecule has 0 amide bonds. The fraction of sp³-hybridized carbons (Fsp3) is 0.0886. The van der Waals surface area contributed by atoms with E-state index in [1.54, 1.807) is 0 Å². The summed E-state index contributed by atoms with van der Waals surface area (Å²) in [5.41, 5.74) is 11.7. The summed E-state index contributed by atoms with van der Waals surface area (Å²) in [6.45, 7) is -1.70. The third kappa shape index (κ3) is 8.42. The lowest BCUT2D eigenvalue weighted by Gasteiger charge is -2.34. The zero-order valence-electron chi connectivity index (χ0n) is 56.1. The highest BCUT2D eigenvalue weighted by Crippen LogP contribution is 2.45. The molecule has 0 saturated carbocycles. The van der Waals surface area contributed by atoms with Crippen LogP contribution in [0.3, 0.4) is 0 Å². The largest absolute Gasteiger partial charge is 0.458 e. The second kappa shape index (κ2) is 20.3. The van der Waals surface area contributed by atoms with Gasteiger partial charge in [0, 0.05) is 40.9 Å². The van der Waals surface area contributed by atoms with E-state index in [0.29, 0.717) is 22.5 Å². The van der Waals surface area contributed by atoms with Gasteiger partial charge in [0.2, 0.25) is 0 Å². The molecule has 3 aromatic heterocycles. The van der Waals surface area contributed by atoms with E-state index in [-0.39, 0.29) is 39.1 Å². The first-order chi connectivity index (χ1) is 45.2. The van der Waals surface area contributed by atoms with Gasteiger partial charge in [0.05, 0.1) is 33.4 Å². The van der Waals surface area contributed by atoms with Gasteiger partial charge in [0.15, 0.2) is 8.07 Å². The summed E-state index contributed by atoms with van der Waals surface area (Å²) < 4.78 is 91.8. The summed E-state index contributed by atoms with van der Waals surface area (Å²) in [5, 5.41) is 6.36. The van der Waals surface area contributed by atoms with Gasteiger partial charge < -0.3 is 4.74 Å². The Kier molecular flexibility index (Phi) is 10.2. The van der Waals surface area contributed by atoms with Gasteiger partial charge in [-0.15, -0.1) is 0 Å². The maximum Gasteiger partial charge on any atom is 0.269 e. The monoisotopic (exact) mass is 1120 g/mol. The summed E-state index contributed by atoms with van der Waals surface area (Å²) in [6.07, 6.45) is 5.21. The molecule has 0 N–H and O–H groups in total. The Hall–Kier alpha value is -10.1. The van der Waals surface area contributed by atoms with Crippen molar-refractivity contribution in [2.45, 2.75) is 46.7 Å². The van der Waals surface area contributed by atoms with E-state index >= 15 is 0 Å². The fourth-order valence-electron chi connectivity index (χ4n) is 13.3. The van der Waals surface area contributed by atoms with Crippen LogP contribution in [0.15, 0.2) is 267 Å². The molecule has 0 radical (unpaired) electrons. The van der Waals surface area contributed by atoms with E-state index in [9.17, 15) is 0 Å². The van der Waals surface area contributed by atoms with Crippen molar-refractivity contribution >= 4 is 61.7 Å². The molecule has 0 aliphatic carbocycles. The lowest BCUT2D eigenvalue weighted by molar-refractivity contribution is -0.572. The van der Waals surface area contributed by atoms with Gasteiger partial charge in [-0.05, 0) is 150 Å². The van der Waals surface area contributed by atoms with Crippen molar-refractivity contribution in [3.8, 4) is 73.2 Å². The number of pyridine rings is 1. The quantitative estimate of drug-likeness (QED) is 0.0625. The van der Waals surface area contributed by atoms with Crippen molar-refractivity contribution in [1.82, 2.24) is 14.1 Å². The minimum absolute atomic E-state index is 0.107. The zero-order chi connectivity index (χ0) is 65.1. The first kappa shape index (κ1) is 42.6. The molecule has 1 aliphatic rings. The third-order valence-corrected chi connectivity index (χ3v) is 21.8. The van der Waals surface area contributed by atoms with Crippen molar-refractivity contribution in [3.05, 3.63) is 296 Å². The smallest absolute Gasteiger partial charge is 0.269 e. The molecule has 5 nitrogen and oxygen atoms in total. The average Bonchev–Trinajstić information content (AvgIpc) is 1.48. The Morgan fingerprint density at radius 2 is 1.01 bits per heavy atom. The molecule has 6 heteroatoms. The SMILES string of the molecule is [2H]C([2H])([2H])c1cc(-n2c3ccc([Si](c4ccccc4)(c4ccccc4)c4ccccc4)cc3c3ccc(Oc4cccc(-n5[c-][n+]6c7c(cccc75)-c5ccccc5-c5ccccc5-c5cccc(C(C)(C)C)c5-6)c4)cc32)ncc1-c1c(C([2H])([2H])[2H])cccc1C([2H])([2H])[2H]. The summed E-state index contributed by atoms with van der Waals surface area (Å²) in [7, 11) is -3.10. The molecule has 0 unspecified atom stereocenters. The highest BCUT2D eigenvalue weighted by Gasteiger charge is 2.42. The molecule has 408 valence electrons. The van der Waals surface area contributed by atoms with Crippen molar-refractivity contribution in [2.75, 3.05) is 0 Å². The molecular weight excluding hydrogens is 1050 g/mol. The van der Waals surface area contributed by atoms with Crippen molar-refractivity contribution < 1.29 is 21.6 Å². The Morgan fingerprint density at radius 3 is 1.66 bits per heavy atom. The number of rotatable bonds is 9. The van der Waals surface area contributed by atoms with Gasteiger partial charge in [0.1, 0.15) is 17.3 Å². The molecule has 0 atom stereocenters. The Morgan fingerprint density at radius 1 is 0.447 bits per heavy atom. The van der Waals surface area contributed by atoms with E-state index in [4.69, 9.17) is 22.1 Å². The number of hydrogen-bond acceptors (Lipinski definition) is 2. The molecule has 85 heavy (non-hydrogen) atoms. The van der Waals surface area contributed by atoms with Crippen LogP contribution in [-0.2, 0) is 5.41 Å². The highest BCUT2D eigenvalue weighted by molar-refractivity contribution is 7.20. The summed E-state index contributed by atoms with van der Waals surface area (Å²) in [6, 6.07) is 88.2. The van der Waals surface area contributed by atoms with Gasteiger partial charge in [-0.1, -0.05) is 233 Å². The van der Waals surface area contributed by atoms with Crippen LogP contribution in [0.2, 0.25) is 0 Å². The van der Waals surface area contributed by atoms with Crippen molar-refractivity contribution in [2.24, 2.45) is 0 Å². The van der Waals surface area contributed by atoms with Crippen LogP contribution >= 0.6 is 0 Å². The minimum Gasteiger partial charge on any atom is -0.458 e. The summed E-state index contributed by atoms with van der Waals surface area (Å²) >= 11 is 0. The molecule has 4 heterocycles. The minimum atomic E-state index is -3.10. The van der Waals surface area contributed by atoms with Crippen LogP contribution in [0.5, 0.6) is 11.5 Å². The highest BCUT2D eigenvalue weighted by atomic mass is 28.3. The zero-order valence-corrected chi connectivity index (χ0v) is 48.1. The number of nitrogens with zero attached hydrogens (tertiary/aromatic N) is 4. The Labute approximate surface area is 510 Å². The Balaban J connectivity index is 0.936. The normalized spacial score (nSPS) is 14.1. The van der Waals surface area contributed by atoms with Crippen LogP contribution in [-0.4, -0.2) is 22.2 Å². The molecule has 0 spiro atoms. The molecular formula is C79H62N4OSi. The predicted molar refractivity (Wildman–Crippen MR) is 354 cm³/mol. The van der Waals surface area contributed by atoms with E-state index in [2.05, 4.69) is 218 Å². The van der Waals surface area contributed by atoms with Crippen LogP contribution < -0.4 is 30.1 Å². The molecule has 0 saturated heterocycles. The van der Waals surface area contributed by atoms with Gasteiger partial charge in [-0.2, -0.15) is 0 Å². The van der Waals surface area contributed by atoms with E-state index in [1.807, 2.05) is 59.2 Å². The average molecular weight is 1120 g/mol. The number of ether oxygens (including phenoxy) is 1. The summed E-state index contributed by atoms with van der Waals surface area (Å²) in [4.78, 5) is 5.01. The standard InChI is InChI=1S/C79H62N4OSi/c1-52-24-20-25-53(2)76(52)70-50-80-75(46-54(70)3)83-72-45-43-61(85(58-28-10-7-11-29-58,59-30-12-8-13-31-59)60-32-14-9-15-33-60)49-69(72)66-44-42-57(48-74(66)83)84-56-27-21-26-55(47-56)81-51-82-77-67(38-22-40-71(77)79(4,5)6)64-36-18-16-34-62(64)63-35-17-19-37-65(63)68-39-23-41-73(81)78(68)82/h7-50H,1-6H3/i1D3,2D3,3D3. The molecule has 15 rings (SSSR count). The van der Waals surface area contributed by atoms with E-state index < -0.39 is 28.6 Å². The summed E-state index contributed by atoms with van der Waals surface area (Å²) in [5.74, 6) is 1.24. The number of hydrogen-bond donors (Lipinski definition) is 0. The molecule has 0 fully saturated rings. The lowest BCUT2D eigenvalue weighted by atomic mass is 9.82. The van der Waals surface area contributed by atoms with Crippen LogP contribution in [0.1, 0.15) is 55.4 Å². The molecule has 14 aromatic rings. The third-order valence-electron chi connectivity index (χ3n) is 17.0. The maximum atomic E-state index is 9.06. The topological polar surface area (TPSA) is 35.9 Å². The van der Waals surface area contributed by atoms with Gasteiger partial charge >= 0.3 is 0 Å². The number of aryl methyl sites for hydroxylation is 3. The number of benzene rings is 11.